The van der Waals surface area contributed by atoms with Crippen LogP contribution in [0.4, 0.5) is 5.69 Å². The SMILES string of the molecule is COc1ccc(O)c(/C=N/N(Cc2ccccc2)c2ccccc2)c1. The summed E-state index contributed by atoms with van der Waals surface area (Å²) in [5.74, 6) is 0.839. The van der Waals surface area contributed by atoms with Gasteiger partial charge in [0.15, 0.2) is 0 Å². The highest BCUT2D eigenvalue weighted by Gasteiger charge is 2.06. The molecule has 0 spiro atoms. The Kier molecular flexibility index (Phi) is 5.32. The summed E-state index contributed by atoms with van der Waals surface area (Å²) in [4.78, 5) is 0. The lowest BCUT2D eigenvalue weighted by atomic mass is 10.2. The summed E-state index contributed by atoms with van der Waals surface area (Å²) in [6, 6.07) is 25.2. The van der Waals surface area contributed by atoms with Crippen molar-refractivity contribution in [2.75, 3.05) is 12.1 Å². The van der Waals surface area contributed by atoms with E-state index in [0.717, 1.165) is 11.3 Å². The van der Waals surface area contributed by atoms with Crippen molar-refractivity contribution in [3.05, 3.63) is 90.0 Å². The molecule has 0 radical (unpaired) electrons. The molecule has 0 aliphatic heterocycles. The number of phenols is 1. The first kappa shape index (κ1) is 16.6. The van der Waals surface area contributed by atoms with E-state index in [1.165, 1.54) is 0 Å². The molecule has 126 valence electrons. The number of hydrogen-bond acceptors (Lipinski definition) is 4. The highest BCUT2D eigenvalue weighted by atomic mass is 16.5. The average Bonchev–Trinajstić information content (AvgIpc) is 2.67. The molecule has 3 aromatic carbocycles. The zero-order valence-electron chi connectivity index (χ0n) is 14.0. The van der Waals surface area contributed by atoms with Gasteiger partial charge in [0.1, 0.15) is 11.5 Å². The number of phenolic OH excluding ortho intramolecular Hbond substituents is 1. The fourth-order valence-corrected chi connectivity index (χ4v) is 2.45. The van der Waals surface area contributed by atoms with E-state index in [-0.39, 0.29) is 5.75 Å². The molecule has 0 aliphatic carbocycles. The third-order valence-corrected chi connectivity index (χ3v) is 3.80. The molecule has 3 aromatic rings. The standard InChI is InChI=1S/C21H20N2O2/c1-25-20-12-13-21(24)18(14-20)15-22-23(19-10-6-3-7-11-19)16-17-8-4-2-5-9-17/h2-15,24H,16H2,1H3/b22-15+. The van der Waals surface area contributed by atoms with Crippen LogP contribution < -0.4 is 9.75 Å². The minimum atomic E-state index is 0.164. The molecule has 0 fully saturated rings. The van der Waals surface area contributed by atoms with Crippen molar-refractivity contribution >= 4 is 11.9 Å². The second kappa shape index (κ2) is 8.02. The first-order valence-corrected chi connectivity index (χ1v) is 8.04. The molecule has 0 aliphatic rings. The van der Waals surface area contributed by atoms with Gasteiger partial charge in [-0.05, 0) is 35.9 Å². The van der Waals surface area contributed by atoms with Crippen LogP contribution in [-0.2, 0) is 6.54 Å². The van der Waals surface area contributed by atoms with Crippen molar-refractivity contribution < 1.29 is 9.84 Å². The molecular formula is C21H20N2O2. The van der Waals surface area contributed by atoms with E-state index in [1.54, 1.807) is 31.5 Å². The van der Waals surface area contributed by atoms with Crippen LogP contribution in [0.1, 0.15) is 11.1 Å². The predicted octanol–water partition coefficient (Wildman–Crippen LogP) is 4.44. The number of hydrazone groups is 1. The largest absolute Gasteiger partial charge is 0.507 e. The number of hydrogen-bond donors (Lipinski definition) is 1. The van der Waals surface area contributed by atoms with Crippen molar-refractivity contribution in [2.45, 2.75) is 6.54 Å². The van der Waals surface area contributed by atoms with Crippen LogP contribution in [-0.4, -0.2) is 18.4 Å². The quantitative estimate of drug-likeness (QED) is 0.536. The van der Waals surface area contributed by atoms with Crippen molar-refractivity contribution in [2.24, 2.45) is 5.10 Å². The molecule has 4 heteroatoms. The van der Waals surface area contributed by atoms with E-state index in [1.807, 2.05) is 53.5 Å². The van der Waals surface area contributed by atoms with Gasteiger partial charge in [-0.15, -0.1) is 0 Å². The first-order chi connectivity index (χ1) is 12.3. The average molecular weight is 332 g/mol. The van der Waals surface area contributed by atoms with Crippen LogP contribution in [0, 0.1) is 0 Å². The topological polar surface area (TPSA) is 45.1 Å². The Morgan fingerprint density at radius 3 is 2.32 bits per heavy atom. The van der Waals surface area contributed by atoms with Crippen molar-refractivity contribution in [1.29, 1.82) is 0 Å². The smallest absolute Gasteiger partial charge is 0.124 e. The Bertz CT molecular complexity index is 833. The predicted molar refractivity (Wildman–Crippen MR) is 101 cm³/mol. The maximum Gasteiger partial charge on any atom is 0.124 e. The minimum Gasteiger partial charge on any atom is -0.507 e. The molecule has 1 N–H and O–H groups in total. The molecule has 0 atom stereocenters. The fourth-order valence-electron chi connectivity index (χ4n) is 2.45. The number of nitrogens with zero attached hydrogens (tertiary/aromatic N) is 2. The van der Waals surface area contributed by atoms with Gasteiger partial charge in [0.25, 0.3) is 0 Å². The van der Waals surface area contributed by atoms with E-state index in [2.05, 4.69) is 17.2 Å². The zero-order chi connectivity index (χ0) is 17.5. The number of aromatic hydroxyl groups is 1. The van der Waals surface area contributed by atoms with Gasteiger partial charge < -0.3 is 9.84 Å². The van der Waals surface area contributed by atoms with E-state index in [9.17, 15) is 5.11 Å². The van der Waals surface area contributed by atoms with Crippen LogP contribution in [0.3, 0.4) is 0 Å². The van der Waals surface area contributed by atoms with Crippen LogP contribution in [0.15, 0.2) is 84.0 Å². The number of anilines is 1. The molecule has 3 rings (SSSR count). The third kappa shape index (κ3) is 4.38. The van der Waals surface area contributed by atoms with E-state index in [0.29, 0.717) is 17.9 Å². The Balaban J connectivity index is 1.89. The van der Waals surface area contributed by atoms with Gasteiger partial charge >= 0.3 is 0 Å². The normalized spacial score (nSPS) is 10.8. The lowest BCUT2D eigenvalue weighted by Crippen LogP contribution is -2.16. The van der Waals surface area contributed by atoms with Gasteiger partial charge in [-0.25, -0.2) is 0 Å². The van der Waals surface area contributed by atoms with Crippen molar-refractivity contribution in [3.8, 4) is 11.5 Å². The number of rotatable bonds is 6. The van der Waals surface area contributed by atoms with Gasteiger partial charge in [-0.2, -0.15) is 5.10 Å². The van der Waals surface area contributed by atoms with Crippen LogP contribution in [0.25, 0.3) is 0 Å². The summed E-state index contributed by atoms with van der Waals surface area (Å²) in [6.45, 7) is 0.631. The summed E-state index contributed by atoms with van der Waals surface area (Å²) < 4.78 is 5.21. The molecule has 0 bridgehead atoms. The maximum atomic E-state index is 10.0. The maximum absolute atomic E-state index is 10.0. The number of para-hydroxylation sites is 1. The summed E-state index contributed by atoms with van der Waals surface area (Å²) in [6.07, 6.45) is 1.65. The van der Waals surface area contributed by atoms with Gasteiger partial charge in [-0.3, -0.25) is 5.01 Å². The second-order valence-electron chi connectivity index (χ2n) is 5.55. The van der Waals surface area contributed by atoms with Gasteiger partial charge in [0, 0.05) is 5.56 Å². The van der Waals surface area contributed by atoms with Gasteiger partial charge in [-0.1, -0.05) is 48.5 Å². The molecule has 0 saturated carbocycles. The Morgan fingerprint density at radius 1 is 0.960 bits per heavy atom. The van der Waals surface area contributed by atoms with Gasteiger partial charge in [0.2, 0.25) is 0 Å². The van der Waals surface area contributed by atoms with E-state index in [4.69, 9.17) is 4.74 Å². The van der Waals surface area contributed by atoms with Gasteiger partial charge in [0.05, 0.1) is 25.6 Å². The molecule has 4 nitrogen and oxygen atoms in total. The minimum absolute atomic E-state index is 0.164. The van der Waals surface area contributed by atoms with Crippen molar-refractivity contribution in [3.63, 3.8) is 0 Å². The molecule has 25 heavy (non-hydrogen) atoms. The van der Waals surface area contributed by atoms with Crippen molar-refractivity contribution in [1.82, 2.24) is 0 Å². The van der Waals surface area contributed by atoms with Crippen LogP contribution >= 0.6 is 0 Å². The molecule has 0 aromatic heterocycles. The lowest BCUT2D eigenvalue weighted by molar-refractivity contribution is 0.412. The first-order valence-electron chi connectivity index (χ1n) is 8.04. The molecule has 0 unspecified atom stereocenters. The number of ether oxygens (including phenoxy) is 1. The summed E-state index contributed by atoms with van der Waals surface area (Å²) in [5.41, 5.74) is 2.73. The Morgan fingerprint density at radius 2 is 1.64 bits per heavy atom. The second-order valence-corrected chi connectivity index (χ2v) is 5.55. The third-order valence-electron chi connectivity index (χ3n) is 3.80. The van der Waals surface area contributed by atoms with Crippen LogP contribution in [0.2, 0.25) is 0 Å². The summed E-state index contributed by atoms with van der Waals surface area (Å²) in [7, 11) is 1.60. The Hall–Kier alpha value is -3.27. The summed E-state index contributed by atoms with van der Waals surface area (Å²) in [5, 5.41) is 16.5. The zero-order valence-corrected chi connectivity index (χ0v) is 14.0. The Labute approximate surface area is 147 Å². The number of methoxy groups -OCH3 is 1. The van der Waals surface area contributed by atoms with Crippen LogP contribution in [0.5, 0.6) is 11.5 Å². The highest BCUT2D eigenvalue weighted by Crippen LogP contribution is 2.22. The monoisotopic (exact) mass is 332 g/mol. The molecule has 0 heterocycles. The fraction of sp³-hybridized carbons (Fsp3) is 0.0952. The lowest BCUT2D eigenvalue weighted by Gasteiger charge is -2.19. The van der Waals surface area contributed by atoms with E-state index >= 15 is 0 Å². The summed E-state index contributed by atoms with van der Waals surface area (Å²) >= 11 is 0. The molecular weight excluding hydrogens is 312 g/mol. The van der Waals surface area contributed by atoms with E-state index < -0.39 is 0 Å². The molecule has 0 saturated heterocycles. The number of benzene rings is 3. The highest BCUT2D eigenvalue weighted by molar-refractivity contribution is 5.84. The molecule has 0 amide bonds.